The highest BCUT2D eigenvalue weighted by Crippen LogP contribution is 2.37. The lowest BCUT2D eigenvalue weighted by Gasteiger charge is -2.42. The van der Waals surface area contributed by atoms with Gasteiger partial charge >= 0.3 is 14.3 Å². The van der Waals surface area contributed by atoms with Crippen molar-refractivity contribution in [3.63, 3.8) is 0 Å². The van der Waals surface area contributed by atoms with Gasteiger partial charge in [0.05, 0.1) is 6.42 Å². The van der Waals surface area contributed by atoms with Crippen molar-refractivity contribution >= 4 is 30.6 Å². The average Bonchev–Trinajstić information content (AvgIpc) is 2.91. The second-order valence-electron chi connectivity index (χ2n) is 8.77. The number of ether oxygens (including phenoxy) is 2. The van der Waals surface area contributed by atoms with Gasteiger partial charge in [-0.15, -0.1) is 0 Å². The zero-order valence-corrected chi connectivity index (χ0v) is 18.6. The number of hydrogen-bond donors (Lipinski definition) is 0. The van der Waals surface area contributed by atoms with Crippen LogP contribution in [-0.4, -0.2) is 32.1 Å². The van der Waals surface area contributed by atoms with E-state index in [0.29, 0.717) is 0 Å². The Morgan fingerprint density at radius 3 is 1.86 bits per heavy atom. The summed E-state index contributed by atoms with van der Waals surface area (Å²) in [5.74, 6) is -2.02. The molecule has 2 aromatic carbocycles. The largest absolute Gasteiger partial charge is 0.509 e. The van der Waals surface area contributed by atoms with Gasteiger partial charge < -0.3 is 13.9 Å². The maximum Gasteiger partial charge on any atom is 0.338 e. The van der Waals surface area contributed by atoms with Crippen molar-refractivity contribution in [1.29, 1.82) is 0 Å². The molecule has 6 heteroatoms. The molecule has 1 heterocycles. The molecular formula is C23H28O5Si. The zero-order valence-electron chi connectivity index (χ0n) is 17.6. The van der Waals surface area contributed by atoms with Crippen molar-refractivity contribution in [3.05, 3.63) is 60.7 Å². The van der Waals surface area contributed by atoms with Gasteiger partial charge in [-0.25, -0.2) is 4.79 Å². The minimum atomic E-state index is -3.00. The number of benzene rings is 2. The van der Waals surface area contributed by atoms with E-state index in [4.69, 9.17) is 13.9 Å². The van der Waals surface area contributed by atoms with Crippen LogP contribution in [0.2, 0.25) is 5.04 Å². The van der Waals surface area contributed by atoms with E-state index >= 15 is 0 Å². The first-order valence-electron chi connectivity index (χ1n) is 9.79. The molecule has 0 amide bonds. The SMILES string of the molecule is CC1(C)OC(=O)C(CC(=O)O[Si](c2ccccc2)(c2ccccc2)C(C)(C)C)O1. The molecule has 3 rings (SSSR count). The minimum absolute atomic E-state index is 0.174. The van der Waals surface area contributed by atoms with Crippen LogP contribution in [0, 0.1) is 0 Å². The minimum Gasteiger partial charge on any atom is -0.509 e. The molecule has 1 aliphatic rings. The lowest BCUT2D eigenvalue weighted by atomic mass is 10.2. The van der Waals surface area contributed by atoms with Gasteiger partial charge in [0.25, 0.3) is 5.97 Å². The van der Waals surface area contributed by atoms with Crippen LogP contribution in [0.15, 0.2) is 60.7 Å². The third kappa shape index (κ3) is 4.28. The second kappa shape index (κ2) is 7.76. The molecule has 0 aromatic heterocycles. The first-order chi connectivity index (χ1) is 13.6. The summed E-state index contributed by atoms with van der Waals surface area (Å²) in [5.41, 5.74) is 0. The van der Waals surface area contributed by atoms with Gasteiger partial charge in [0.2, 0.25) is 5.79 Å². The summed E-state index contributed by atoms with van der Waals surface area (Å²) in [5, 5.41) is 1.67. The Kier molecular flexibility index (Phi) is 5.69. The summed E-state index contributed by atoms with van der Waals surface area (Å²) in [6, 6.07) is 19.8. The summed E-state index contributed by atoms with van der Waals surface area (Å²) in [6.07, 6.45) is -1.12. The first-order valence-corrected chi connectivity index (χ1v) is 11.7. The van der Waals surface area contributed by atoms with Crippen LogP contribution in [0.4, 0.5) is 0 Å². The maximum absolute atomic E-state index is 13.1. The Morgan fingerprint density at radius 1 is 1.00 bits per heavy atom. The van der Waals surface area contributed by atoms with Gasteiger partial charge in [-0.1, -0.05) is 81.4 Å². The van der Waals surface area contributed by atoms with Crippen molar-refractivity contribution in [1.82, 2.24) is 0 Å². The molecular weight excluding hydrogens is 384 g/mol. The van der Waals surface area contributed by atoms with E-state index in [0.717, 1.165) is 10.4 Å². The summed E-state index contributed by atoms with van der Waals surface area (Å²) in [6.45, 7) is 9.58. The fourth-order valence-corrected chi connectivity index (χ4v) is 8.22. The summed E-state index contributed by atoms with van der Waals surface area (Å²) in [4.78, 5) is 25.2. The standard InChI is InChI=1S/C23H28O5Si/c1-22(2,3)29(17-12-8-6-9-13-17,18-14-10-7-11-15-18)28-20(24)16-19-21(25)27-23(4,5)26-19/h6-15,19H,16H2,1-5H3. The van der Waals surface area contributed by atoms with E-state index in [1.807, 2.05) is 60.7 Å². The highest BCUT2D eigenvalue weighted by atomic mass is 28.4. The van der Waals surface area contributed by atoms with Crippen molar-refractivity contribution in [2.75, 3.05) is 0 Å². The Bertz CT molecular complexity index is 832. The first kappa shape index (κ1) is 21.3. The quantitative estimate of drug-likeness (QED) is 0.558. The number of cyclic esters (lactones) is 1. The zero-order chi connectivity index (χ0) is 21.3. The molecule has 5 nitrogen and oxygen atoms in total. The van der Waals surface area contributed by atoms with Crippen LogP contribution < -0.4 is 10.4 Å². The van der Waals surface area contributed by atoms with Crippen LogP contribution in [0.25, 0.3) is 0 Å². The van der Waals surface area contributed by atoms with Crippen LogP contribution >= 0.6 is 0 Å². The lowest BCUT2D eigenvalue weighted by molar-refractivity contribution is -0.161. The molecule has 1 unspecified atom stereocenters. The van der Waals surface area contributed by atoms with Crippen molar-refractivity contribution in [2.24, 2.45) is 0 Å². The molecule has 154 valence electrons. The Labute approximate surface area is 173 Å². The molecule has 0 spiro atoms. The highest BCUT2D eigenvalue weighted by molar-refractivity contribution is 7.00. The molecule has 0 bridgehead atoms. The monoisotopic (exact) mass is 412 g/mol. The van der Waals surface area contributed by atoms with E-state index in [-0.39, 0.29) is 11.5 Å². The Morgan fingerprint density at radius 2 is 1.48 bits per heavy atom. The topological polar surface area (TPSA) is 61.8 Å². The predicted octanol–water partition coefficient (Wildman–Crippen LogP) is 3.16. The average molecular weight is 413 g/mol. The Hall–Kier alpha value is -2.44. The second-order valence-corrected chi connectivity index (χ2v) is 13.0. The summed E-state index contributed by atoms with van der Waals surface area (Å²) in [7, 11) is -3.00. The van der Waals surface area contributed by atoms with Crippen LogP contribution in [0.5, 0.6) is 0 Å². The van der Waals surface area contributed by atoms with Gasteiger partial charge in [-0.2, -0.15) is 0 Å². The number of carbonyl (C=O) groups is 2. The van der Waals surface area contributed by atoms with Gasteiger partial charge in [0.1, 0.15) is 0 Å². The van der Waals surface area contributed by atoms with Crippen LogP contribution in [-0.2, 0) is 23.5 Å². The normalized spacial score (nSPS) is 18.9. The van der Waals surface area contributed by atoms with Crippen LogP contribution in [0.3, 0.4) is 0 Å². The fraction of sp³-hybridized carbons (Fsp3) is 0.391. The Balaban J connectivity index is 2.00. The smallest absolute Gasteiger partial charge is 0.338 e. The molecule has 0 saturated carbocycles. The van der Waals surface area contributed by atoms with E-state index in [1.54, 1.807) is 13.8 Å². The third-order valence-corrected chi connectivity index (χ3v) is 10.0. The molecule has 0 N–H and O–H groups in total. The van der Waals surface area contributed by atoms with Gasteiger partial charge in [0, 0.05) is 13.8 Å². The van der Waals surface area contributed by atoms with Gasteiger partial charge in [0.15, 0.2) is 6.10 Å². The molecule has 1 saturated heterocycles. The number of carbonyl (C=O) groups excluding carboxylic acids is 2. The molecule has 0 radical (unpaired) electrons. The van der Waals surface area contributed by atoms with Crippen molar-refractivity contribution in [3.8, 4) is 0 Å². The third-order valence-electron chi connectivity index (χ3n) is 5.07. The predicted molar refractivity (Wildman–Crippen MR) is 113 cm³/mol. The number of hydrogen-bond acceptors (Lipinski definition) is 5. The van der Waals surface area contributed by atoms with Gasteiger partial charge in [-0.05, 0) is 15.4 Å². The molecule has 29 heavy (non-hydrogen) atoms. The number of esters is 1. The maximum atomic E-state index is 13.1. The summed E-state index contributed by atoms with van der Waals surface area (Å²) >= 11 is 0. The molecule has 1 aliphatic heterocycles. The number of rotatable bonds is 5. The lowest BCUT2D eigenvalue weighted by Crippen LogP contribution is -2.67. The highest BCUT2D eigenvalue weighted by Gasteiger charge is 2.53. The molecule has 1 atom stereocenters. The van der Waals surface area contributed by atoms with Crippen LogP contribution in [0.1, 0.15) is 41.0 Å². The molecule has 1 fully saturated rings. The van der Waals surface area contributed by atoms with Gasteiger partial charge in [-0.3, -0.25) is 4.79 Å². The van der Waals surface area contributed by atoms with E-state index in [1.165, 1.54) is 0 Å². The van der Waals surface area contributed by atoms with E-state index in [2.05, 4.69) is 20.8 Å². The van der Waals surface area contributed by atoms with Crippen molar-refractivity contribution < 1.29 is 23.5 Å². The molecule has 2 aromatic rings. The fourth-order valence-electron chi connectivity index (χ4n) is 3.86. The van der Waals surface area contributed by atoms with E-state index in [9.17, 15) is 9.59 Å². The van der Waals surface area contributed by atoms with E-state index < -0.39 is 32.1 Å². The molecule has 0 aliphatic carbocycles. The van der Waals surface area contributed by atoms with Crippen molar-refractivity contribution in [2.45, 2.75) is 58.0 Å². The summed E-state index contributed by atoms with van der Waals surface area (Å²) < 4.78 is 17.1.